The number of ether oxygens (including phenoxy) is 1. The van der Waals surface area contributed by atoms with Crippen LogP contribution in [0.3, 0.4) is 0 Å². The fourth-order valence-corrected chi connectivity index (χ4v) is 1.56. The first-order chi connectivity index (χ1) is 7.06. The van der Waals surface area contributed by atoms with E-state index in [1.807, 2.05) is 19.1 Å². The first-order valence-corrected chi connectivity index (χ1v) is 5.10. The number of hydrogen-bond donors (Lipinski definition) is 0. The minimum atomic E-state index is -0.400. The van der Waals surface area contributed by atoms with Gasteiger partial charge in [0.1, 0.15) is 0 Å². The van der Waals surface area contributed by atoms with Gasteiger partial charge in [0, 0.05) is 7.05 Å². The average molecular weight is 228 g/mol. The zero-order chi connectivity index (χ0) is 11.4. The Labute approximate surface area is 94.6 Å². The van der Waals surface area contributed by atoms with Crippen LogP contribution in [-0.4, -0.2) is 19.7 Å². The number of benzene rings is 1. The molecule has 0 bridgehead atoms. The van der Waals surface area contributed by atoms with Crippen molar-refractivity contribution in [3.05, 3.63) is 28.8 Å². The van der Waals surface area contributed by atoms with Crippen molar-refractivity contribution in [2.24, 2.45) is 0 Å². The lowest BCUT2D eigenvalue weighted by Gasteiger charge is -2.17. The van der Waals surface area contributed by atoms with Gasteiger partial charge in [0.05, 0.1) is 17.3 Å². The molecule has 3 nitrogen and oxygen atoms in total. The third-order valence-corrected chi connectivity index (χ3v) is 2.31. The van der Waals surface area contributed by atoms with E-state index in [0.717, 1.165) is 5.56 Å². The predicted molar refractivity (Wildman–Crippen MR) is 61.6 cm³/mol. The van der Waals surface area contributed by atoms with Crippen LogP contribution in [-0.2, 0) is 4.74 Å². The van der Waals surface area contributed by atoms with Crippen molar-refractivity contribution in [3.63, 3.8) is 0 Å². The van der Waals surface area contributed by atoms with Crippen LogP contribution in [0.15, 0.2) is 18.2 Å². The lowest BCUT2D eigenvalue weighted by Crippen LogP contribution is -2.27. The van der Waals surface area contributed by atoms with Gasteiger partial charge in [-0.2, -0.15) is 0 Å². The minimum absolute atomic E-state index is 0.354. The van der Waals surface area contributed by atoms with E-state index in [9.17, 15) is 4.79 Å². The van der Waals surface area contributed by atoms with Crippen LogP contribution in [0.25, 0.3) is 0 Å². The highest BCUT2D eigenvalue weighted by Gasteiger charge is 2.14. The molecule has 0 aliphatic heterocycles. The van der Waals surface area contributed by atoms with E-state index in [1.165, 1.54) is 4.90 Å². The highest BCUT2D eigenvalue weighted by atomic mass is 35.5. The maximum Gasteiger partial charge on any atom is 0.414 e. The van der Waals surface area contributed by atoms with E-state index in [4.69, 9.17) is 16.3 Å². The van der Waals surface area contributed by atoms with Gasteiger partial charge in [0.25, 0.3) is 0 Å². The first-order valence-electron chi connectivity index (χ1n) is 4.73. The third-order valence-electron chi connectivity index (χ3n) is 2.01. The molecule has 0 aliphatic carbocycles. The molecular weight excluding hydrogens is 214 g/mol. The van der Waals surface area contributed by atoms with Gasteiger partial charge in [-0.1, -0.05) is 17.7 Å². The summed E-state index contributed by atoms with van der Waals surface area (Å²) in [5.74, 6) is 0. The molecule has 1 amide bonds. The number of anilines is 1. The molecule has 0 atom stereocenters. The van der Waals surface area contributed by atoms with E-state index in [0.29, 0.717) is 17.3 Å². The van der Waals surface area contributed by atoms with E-state index >= 15 is 0 Å². The topological polar surface area (TPSA) is 29.5 Å². The summed E-state index contributed by atoms with van der Waals surface area (Å²) in [6.45, 7) is 4.06. The van der Waals surface area contributed by atoms with Crippen molar-refractivity contribution in [2.45, 2.75) is 13.8 Å². The molecule has 0 radical (unpaired) electrons. The first kappa shape index (κ1) is 11.9. The monoisotopic (exact) mass is 227 g/mol. The van der Waals surface area contributed by atoms with Crippen LogP contribution in [0.1, 0.15) is 12.5 Å². The molecule has 1 aromatic carbocycles. The summed E-state index contributed by atoms with van der Waals surface area (Å²) in [5.41, 5.74) is 1.71. The van der Waals surface area contributed by atoms with Gasteiger partial charge in [0.2, 0.25) is 0 Å². The summed E-state index contributed by atoms with van der Waals surface area (Å²) in [6, 6.07) is 5.51. The third kappa shape index (κ3) is 2.86. The summed E-state index contributed by atoms with van der Waals surface area (Å²) in [7, 11) is 1.63. The maximum absolute atomic E-state index is 11.4. The summed E-state index contributed by atoms with van der Waals surface area (Å²) in [4.78, 5) is 12.8. The van der Waals surface area contributed by atoms with Gasteiger partial charge in [-0.05, 0) is 31.5 Å². The van der Waals surface area contributed by atoms with Gasteiger partial charge < -0.3 is 4.74 Å². The summed E-state index contributed by atoms with van der Waals surface area (Å²) in [5, 5.41) is 0.547. The number of halogens is 1. The highest BCUT2D eigenvalue weighted by Crippen LogP contribution is 2.26. The Kier molecular flexibility index (Phi) is 3.97. The molecule has 0 spiro atoms. The predicted octanol–water partition coefficient (Wildman–Crippen LogP) is 3.24. The molecule has 4 heteroatoms. The van der Waals surface area contributed by atoms with Gasteiger partial charge in [-0.25, -0.2) is 4.79 Å². The zero-order valence-electron chi connectivity index (χ0n) is 9.08. The Hall–Kier alpha value is -1.22. The number of rotatable bonds is 2. The second-order valence-electron chi connectivity index (χ2n) is 3.21. The minimum Gasteiger partial charge on any atom is -0.449 e. The second kappa shape index (κ2) is 5.03. The molecule has 0 fully saturated rings. The van der Waals surface area contributed by atoms with Crippen LogP contribution >= 0.6 is 11.6 Å². The van der Waals surface area contributed by atoms with E-state index in [1.54, 1.807) is 20.0 Å². The number of carbonyl (C=O) groups excluding carboxylic acids is 1. The van der Waals surface area contributed by atoms with Crippen molar-refractivity contribution in [1.29, 1.82) is 0 Å². The Bertz CT molecular complexity index is 366. The number of nitrogens with zero attached hydrogens (tertiary/aromatic N) is 1. The molecule has 0 heterocycles. The number of amides is 1. The number of hydrogen-bond acceptors (Lipinski definition) is 2. The van der Waals surface area contributed by atoms with Crippen LogP contribution < -0.4 is 4.90 Å². The lowest BCUT2D eigenvalue weighted by molar-refractivity contribution is 0.161. The smallest absolute Gasteiger partial charge is 0.414 e. The fourth-order valence-electron chi connectivity index (χ4n) is 1.20. The van der Waals surface area contributed by atoms with E-state index in [-0.39, 0.29) is 0 Å². The van der Waals surface area contributed by atoms with Gasteiger partial charge in [-0.15, -0.1) is 0 Å². The van der Waals surface area contributed by atoms with Crippen molar-refractivity contribution in [3.8, 4) is 0 Å². The number of carbonyl (C=O) groups is 1. The molecule has 0 aromatic heterocycles. The van der Waals surface area contributed by atoms with E-state index in [2.05, 4.69) is 0 Å². The normalized spacial score (nSPS) is 9.87. The maximum atomic E-state index is 11.4. The molecule has 82 valence electrons. The average Bonchev–Trinajstić information content (AvgIpc) is 2.17. The Balaban J connectivity index is 2.91. The standard InChI is InChI=1S/C11H14ClNO2/c1-4-15-11(14)13(3)10-6-5-8(2)7-9(10)12/h5-7H,4H2,1-3H3. The van der Waals surface area contributed by atoms with Crippen molar-refractivity contribution in [2.75, 3.05) is 18.6 Å². The zero-order valence-corrected chi connectivity index (χ0v) is 9.84. The van der Waals surface area contributed by atoms with Crippen LogP contribution in [0.4, 0.5) is 10.5 Å². The molecule has 1 rings (SSSR count). The Morgan fingerprint density at radius 1 is 1.53 bits per heavy atom. The molecule has 1 aromatic rings. The van der Waals surface area contributed by atoms with Crippen LogP contribution in [0.5, 0.6) is 0 Å². The summed E-state index contributed by atoms with van der Waals surface area (Å²) >= 11 is 6.02. The van der Waals surface area contributed by atoms with Crippen molar-refractivity contribution >= 4 is 23.4 Å². The quantitative estimate of drug-likeness (QED) is 0.776. The fraction of sp³-hybridized carbons (Fsp3) is 0.364. The highest BCUT2D eigenvalue weighted by molar-refractivity contribution is 6.33. The molecule has 15 heavy (non-hydrogen) atoms. The molecule has 0 N–H and O–H groups in total. The number of aryl methyl sites for hydroxylation is 1. The Morgan fingerprint density at radius 3 is 2.73 bits per heavy atom. The molecule has 0 saturated heterocycles. The largest absolute Gasteiger partial charge is 0.449 e. The second-order valence-corrected chi connectivity index (χ2v) is 3.62. The van der Waals surface area contributed by atoms with Crippen LogP contribution in [0.2, 0.25) is 5.02 Å². The van der Waals surface area contributed by atoms with E-state index < -0.39 is 6.09 Å². The molecule has 0 saturated carbocycles. The van der Waals surface area contributed by atoms with Crippen molar-refractivity contribution in [1.82, 2.24) is 0 Å². The lowest BCUT2D eigenvalue weighted by atomic mass is 10.2. The van der Waals surface area contributed by atoms with Gasteiger partial charge in [-0.3, -0.25) is 4.90 Å². The SMILES string of the molecule is CCOC(=O)N(C)c1ccc(C)cc1Cl. The van der Waals surface area contributed by atoms with Crippen molar-refractivity contribution < 1.29 is 9.53 Å². The summed E-state index contributed by atoms with van der Waals surface area (Å²) < 4.78 is 4.87. The van der Waals surface area contributed by atoms with Gasteiger partial charge >= 0.3 is 6.09 Å². The molecular formula is C11H14ClNO2. The van der Waals surface area contributed by atoms with Gasteiger partial charge in [0.15, 0.2) is 0 Å². The Morgan fingerprint density at radius 2 is 2.20 bits per heavy atom. The summed E-state index contributed by atoms with van der Waals surface area (Å²) in [6.07, 6.45) is -0.400. The molecule has 0 unspecified atom stereocenters. The molecule has 0 aliphatic rings. The van der Waals surface area contributed by atoms with Crippen LogP contribution in [0, 0.1) is 6.92 Å².